The second-order valence-electron chi connectivity index (χ2n) is 10.5. The molecule has 13 nitrogen and oxygen atoms in total. The first-order chi connectivity index (χ1) is 19.8. The van der Waals surface area contributed by atoms with Gasteiger partial charge in [-0.2, -0.15) is 0 Å². The molecule has 41 heavy (non-hydrogen) atoms. The van der Waals surface area contributed by atoms with Gasteiger partial charge in [-0.15, -0.1) is 11.8 Å². The zero-order valence-corrected chi connectivity index (χ0v) is 22.6. The van der Waals surface area contributed by atoms with Crippen molar-refractivity contribution in [3.8, 4) is 5.75 Å². The summed E-state index contributed by atoms with van der Waals surface area (Å²) in [6.45, 7) is 2.29. The van der Waals surface area contributed by atoms with Crippen LogP contribution in [0.15, 0.2) is 46.2 Å². The van der Waals surface area contributed by atoms with Gasteiger partial charge in [0.05, 0.1) is 29.6 Å². The van der Waals surface area contributed by atoms with E-state index < -0.39 is 17.7 Å². The number of ether oxygens (including phenoxy) is 2. The van der Waals surface area contributed by atoms with E-state index in [0.29, 0.717) is 54.3 Å². The van der Waals surface area contributed by atoms with Crippen LogP contribution < -0.4 is 30.6 Å². The molecule has 1 atom stereocenters. The van der Waals surface area contributed by atoms with Crippen LogP contribution >= 0.6 is 11.8 Å². The van der Waals surface area contributed by atoms with Crippen LogP contribution in [-0.2, 0) is 9.53 Å². The first-order valence-electron chi connectivity index (χ1n) is 13.3. The maximum absolute atomic E-state index is 12.8. The van der Waals surface area contributed by atoms with Crippen LogP contribution in [0.25, 0.3) is 11.0 Å². The number of nitrogens with one attached hydrogen (secondary N) is 2. The topological polar surface area (TPSA) is 155 Å². The Labute approximate surface area is 237 Å². The molecule has 3 aromatic rings. The predicted octanol–water partition coefficient (Wildman–Crippen LogP) is 2.64. The quantitative estimate of drug-likeness (QED) is 0.354. The van der Waals surface area contributed by atoms with Gasteiger partial charge in [-0.3, -0.25) is 14.5 Å². The first-order valence-corrected chi connectivity index (χ1v) is 14.3. The van der Waals surface area contributed by atoms with Crippen molar-refractivity contribution >= 4 is 58.1 Å². The van der Waals surface area contributed by atoms with E-state index >= 15 is 0 Å². The van der Waals surface area contributed by atoms with Gasteiger partial charge in [0.25, 0.3) is 0 Å². The molecule has 3 aliphatic heterocycles. The summed E-state index contributed by atoms with van der Waals surface area (Å²) in [4.78, 5) is 57.5. The second kappa shape index (κ2) is 9.96. The van der Waals surface area contributed by atoms with Gasteiger partial charge in [-0.05, 0) is 43.2 Å². The van der Waals surface area contributed by atoms with Crippen LogP contribution in [0.5, 0.6) is 5.75 Å². The molecule has 1 saturated carbocycles. The Morgan fingerprint density at radius 1 is 1.17 bits per heavy atom. The molecule has 0 radical (unpaired) electrons. The van der Waals surface area contributed by atoms with Crippen LogP contribution in [-0.4, -0.2) is 76.9 Å². The molecule has 0 spiro atoms. The lowest BCUT2D eigenvalue weighted by Gasteiger charge is -2.41. The van der Waals surface area contributed by atoms with E-state index in [4.69, 9.17) is 19.6 Å². The van der Waals surface area contributed by atoms with Gasteiger partial charge >= 0.3 is 12.2 Å². The number of aromatic nitrogens is 2. The van der Waals surface area contributed by atoms with E-state index in [1.54, 1.807) is 23.1 Å². The SMILES string of the molecule is O=C1CSc2ccc(N3C[C@@H](CNC4CN(c5ccc6c(=O)c(OC(=O)O)cn(C7CC7)c6n5)C4)OC3=O)cc2N1. The third kappa shape index (κ3) is 4.93. The van der Waals surface area contributed by atoms with Crippen LogP contribution in [0.4, 0.5) is 26.8 Å². The summed E-state index contributed by atoms with van der Waals surface area (Å²) in [5, 5.41) is 15.6. The lowest BCUT2D eigenvalue weighted by molar-refractivity contribution is -0.113. The number of benzene rings is 1. The fourth-order valence-electron chi connectivity index (χ4n) is 5.34. The van der Waals surface area contributed by atoms with Gasteiger partial charge < -0.3 is 34.7 Å². The zero-order valence-electron chi connectivity index (χ0n) is 21.7. The Hall–Kier alpha value is -4.30. The molecule has 5 heterocycles. The number of thioether (sulfide) groups is 1. The smallest absolute Gasteiger partial charge is 0.449 e. The van der Waals surface area contributed by atoms with E-state index in [1.807, 2.05) is 16.7 Å². The van der Waals surface area contributed by atoms with Crippen molar-refractivity contribution in [2.45, 2.75) is 35.9 Å². The van der Waals surface area contributed by atoms with E-state index in [1.165, 1.54) is 18.0 Å². The van der Waals surface area contributed by atoms with Crippen LogP contribution in [0, 0.1) is 0 Å². The molecule has 7 rings (SSSR count). The van der Waals surface area contributed by atoms with Crippen LogP contribution in [0.2, 0.25) is 0 Å². The predicted molar refractivity (Wildman–Crippen MR) is 150 cm³/mol. The number of carbonyl (C=O) groups is 3. The average Bonchev–Trinajstić information content (AvgIpc) is 3.70. The molecule has 0 bridgehead atoms. The minimum atomic E-state index is -1.53. The highest BCUT2D eigenvalue weighted by Crippen LogP contribution is 2.38. The largest absolute Gasteiger partial charge is 0.511 e. The molecular formula is C27H26N6O7S. The van der Waals surface area contributed by atoms with Gasteiger partial charge in [0.1, 0.15) is 17.6 Å². The Morgan fingerprint density at radius 2 is 2.00 bits per heavy atom. The zero-order chi connectivity index (χ0) is 28.2. The Balaban J connectivity index is 0.973. The van der Waals surface area contributed by atoms with Crippen molar-refractivity contribution in [1.29, 1.82) is 0 Å². The number of carbonyl (C=O) groups excluding carboxylic acids is 2. The third-order valence-electron chi connectivity index (χ3n) is 7.59. The summed E-state index contributed by atoms with van der Waals surface area (Å²) in [7, 11) is 0. The van der Waals surface area contributed by atoms with Crippen molar-refractivity contribution in [1.82, 2.24) is 14.9 Å². The minimum absolute atomic E-state index is 0.0594. The average molecular weight is 579 g/mol. The highest BCUT2D eigenvalue weighted by Gasteiger charge is 2.35. The number of pyridine rings is 2. The highest BCUT2D eigenvalue weighted by molar-refractivity contribution is 8.00. The van der Waals surface area contributed by atoms with Crippen molar-refractivity contribution in [3.05, 3.63) is 46.8 Å². The lowest BCUT2D eigenvalue weighted by atomic mass is 10.1. The van der Waals surface area contributed by atoms with Crippen molar-refractivity contribution < 1.29 is 29.0 Å². The number of carboxylic acid groups (broad SMARTS) is 1. The number of amides is 2. The molecule has 14 heteroatoms. The monoisotopic (exact) mass is 578 g/mol. The number of fused-ring (bicyclic) bond motifs is 2. The van der Waals surface area contributed by atoms with Crippen molar-refractivity contribution in [2.24, 2.45) is 0 Å². The van der Waals surface area contributed by atoms with E-state index in [0.717, 1.165) is 23.6 Å². The first kappa shape index (κ1) is 25.7. The molecule has 3 fully saturated rings. The molecular weight excluding hydrogens is 552 g/mol. The Morgan fingerprint density at radius 3 is 2.78 bits per heavy atom. The number of rotatable bonds is 7. The summed E-state index contributed by atoms with van der Waals surface area (Å²) in [6.07, 6.45) is 1.04. The Bertz CT molecular complexity index is 1650. The van der Waals surface area contributed by atoms with Gasteiger partial charge in [0.15, 0.2) is 5.75 Å². The molecule has 1 aromatic carbocycles. The summed E-state index contributed by atoms with van der Waals surface area (Å²) in [5.41, 5.74) is 1.41. The number of anilines is 3. The maximum Gasteiger partial charge on any atom is 0.511 e. The molecule has 1 aliphatic carbocycles. The maximum atomic E-state index is 12.8. The van der Waals surface area contributed by atoms with Gasteiger partial charge in [0.2, 0.25) is 11.3 Å². The van der Waals surface area contributed by atoms with E-state index in [9.17, 15) is 19.2 Å². The number of nitrogens with zero attached hydrogens (tertiary/aromatic N) is 4. The normalized spacial score (nSPS) is 20.4. The lowest BCUT2D eigenvalue weighted by Crippen LogP contribution is -2.59. The minimum Gasteiger partial charge on any atom is -0.449 e. The molecule has 2 amide bonds. The van der Waals surface area contributed by atoms with Gasteiger partial charge in [-0.25, -0.2) is 14.6 Å². The molecule has 4 aliphatic rings. The van der Waals surface area contributed by atoms with Crippen molar-refractivity contribution in [3.63, 3.8) is 0 Å². The summed E-state index contributed by atoms with van der Waals surface area (Å²) in [5.74, 6) is 0.833. The second-order valence-corrected chi connectivity index (χ2v) is 11.5. The number of hydrogen-bond donors (Lipinski definition) is 3. The molecule has 212 valence electrons. The molecule has 2 saturated heterocycles. The van der Waals surface area contributed by atoms with Gasteiger partial charge in [0, 0.05) is 42.3 Å². The highest BCUT2D eigenvalue weighted by atomic mass is 32.2. The van der Waals surface area contributed by atoms with Crippen LogP contribution in [0.1, 0.15) is 18.9 Å². The molecule has 0 unspecified atom stereocenters. The van der Waals surface area contributed by atoms with Crippen molar-refractivity contribution in [2.75, 3.05) is 47.0 Å². The summed E-state index contributed by atoms with van der Waals surface area (Å²) >= 11 is 1.47. The number of hydrogen-bond acceptors (Lipinski definition) is 10. The molecule has 2 aromatic heterocycles. The Kier molecular flexibility index (Phi) is 6.23. The van der Waals surface area contributed by atoms with Crippen LogP contribution in [0.3, 0.4) is 0 Å². The third-order valence-corrected chi connectivity index (χ3v) is 8.66. The summed E-state index contributed by atoms with van der Waals surface area (Å²) in [6, 6.07) is 9.35. The standard InChI is InChI=1S/C27H26N6O7S/c34-23-13-41-21-5-3-16(7-19(21)29-23)33-11-17(39-26(33)36)8-28-14-9-31(10-14)22-6-4-18-24(35)20(40-27(37)38)12-32(15-1-2-15)25(18)30-22/h3-7,12,14-15,17,28H,1-2,8-11,13H2,(H,29,34)(H,37,38)/t17-/m1/s1. The fourth-order valence-corrected chi connectivity index (χ4v) is 6.12. The fraction of sp³-hybridized carbons (Fsp3) is 0.370. The summed E-state index contributed by atoms with van der Waals surface area (Å²) < 4.78 is 12.1. The molecule has 3 N–H and O–H groups in total. The number of cyclic esters (lactones) is 1. The van der Waals surface area contributed by atoms with Gasteiger partial charge in [-0.1, -0.05) is 0 Å². The van der Waals surface area contributed by atoms with E-state index in [2.05, 4.69) is 15.5 Å². The van der Waals surface area contributed by atoms with E-state index in [-0.39, 0.29) is 29.8 Å².